The molecule has 0 bridgehead atoms. The molecule has 1 aromatic rings. The summed E-state index contributed by atoms with van der Waals surface area (Å²) in [6.07, 6.45) is 0.511. The Morgan fingerprint density at radius 2 is 2.18 bits per heavy atom. The number of nitrogens with zero attached hydrogens (tertiary/aromatic N) is 2. The third kappa shape index (κ3) is 4.45. The Hall–Kier alpha value is -0.920. The molecule has 0 amide bonds. The number of benzene rings is 1. The number of hydrogen-bond acceptors (Lipinski definition) is 2. The summed E-state index contributed by atoms with van der Waals surface area (Å²) >= 11 is 3.36. The average molecular weight is 299 g/mol. The molecule has 1 rings (SSSR count). The lowest BCUT2D eigenvalue weighted by atomic mass is 10.2. The Kier molecular flexibility index (Phi) is 5.60. The zero-order valence-electron chi connectivity index (χ0n) is 10.1. The molecule has 0 unspecified atom stereocenters. The normalized spacial score (nSPS) is 10.9. The van der Waals surface area contributed by atoms with Gasteiger partial charge in [-0.1, -0.05) is 22.0 Å². The van der Waals surface area contributed by atoms with E-state index in [4.69, 9.17) is 5.26 Å². The van der Waals surface area contributed by atoms with Gasteiger partial charge in [-0.25, -0.2) is 4.39 Å². The van der Waals surface area contributed by atoms with Gasteiger partial charge in [0.05, 0.1) is 6.07 Å². The Bertz CT molecular complexity index is 412. The van der Waals surface area contributed by atoms with Crippen molar-refractivity contribution in [3.63, 3.8) is 0 Å². The highest BCUT2D eigenvalue weighted by atomic mass is 79.9. The zero-order valence-corrected chi connectivity index (χ0v) is 11.7. The lowest BCUT2D eigenvalue weighted by molar-refractivity contribution is 0.217. The van der Waals surface area contributed by atoms with E-state index >= 15 is 0 Å². The third-order valence-electron chi connectivity index (χ3n) is 2.63. The highest BCUT2D eigenvalue weighted by Gasteiger charge is 2.11. The third-order valence-corrected chi connectivity index (χ3v) is 3.37. The van der Waals surface area contributed by atoms with E-state index in [0.717, 1.165) is 23.1 Å². The molecule has 0 spiro atoms. The number of halogens is 2. The quantitative estimate of drug-likeness (QED) is 0.828. The van der Waals surface area contributed by atoms with E-state index in [1.165, 1.54) is 12.1 Å². The monoisotopic (exact) mass is 298 g/mol. The van der Waals surface area contributed by atoms with Gasteiger partial charge in [-0.15, -0.1) is 0 Å². The second-order valence-electron chi connectivity index (χ2n) is 4.21. The summed E-state index contributed by atoms with van der Waals surface area (Å²) < 4.78 is 13.7. The van der Waals surface area contributed by atoms with Crippen molar-refractivity contribution in [2.75, 3.05) is 6.54 Å². The minimum atomic E-state index is -0.242. The fraction of sp³-hybridized carbons (Fsp3) is 0.462. The van der Waals surface area contributed by atoms with Crippen molar-refractivity contribution in [1.29, 1.82) is 5.26 Å². The molecule has 17 heavy (non-hydrogen) atoms. The zero-order chi connectivity index (χ0) is 12.8. The van der Waals surface area contributed by atoms with Crippen LogP contribution in [-0.2, 0) is 6.54 Å². The van der Waals surface area contributed by atoms with Crippen LogP contribution in [0.15, 0.2) is 22.7 Å². The van der Waals surface area contributed by atoms with E-state index in [-0.39, 0.29) is 5.82 Å². The van der Waals surface area contributed by atoms with Crippen LogP contribution in [-0.4, -0.2) is 17.5 Å². The van der Waals surface area contributed by atoms with Crippen LogP contribution >= 0.6 is 15.9 Å². The first-order chi connectivity index (χ1) is 8.04. The Morgan fingerprint density at radius 3 is 2.71 bits per heavy atom. The van der Waals surface area contributed by atoms with Gasteiger partial charge in [0.1, 0.15) is 5.82 Å². The minimum Gasteiger partial charge on any atom is -0.296 e. The van der Waals surface area contributed by atoms with Crippen molar-refractivity contribution in [2.45, 2.75) is 32.9 Å². The van der Waals surface area contributed by atoms with Gasteiger partial charge >= 0.3 is 0 Å². The first-order valence-corrected chi connectivity index (χ1v) is 6.39. The van der Waals surface area contributed by atoms with Crippen LogP contribution in [0.2, 0.25) is 0 Å². The molecule has 92 valence electrons. The summed E-state index contributed by atoms with van der Waals surface area (Å²) in [5.41, 5.74) is 1.04. The maximum Gasteiger partial charge on any atom is 0.124 e. The molecule has 2 nitrogen and oxygen atoms in total. The predicted octanol–water partition coefficient (Wildman–Crippen LogP) is 3.71. The molecule has 0 radical (unpaired) electrons. The van der Waals surface area contributed by atoms with E-state index in [9.17, 15) is 4.39 Å². The highest BCUT2D eigenvalue weighted by molar-refractivity contribution is 9.10. The predicted molar refractivity (Wildman–Crippen MR) is 69.9 cm³/mol. The van der Waals surface area contributed by atoms with E-state index < -0.39 is 0 Å². The molecule has 0 aliphatic rings. The number of nitriles is 1. The fourth-order valence-corrected chi connectivity index (χ4v) is 2.06. The van der Waals surface area contributed by atoms with Gasteiger partial charge in [-0.2, -0.15) is 5.26 Å². The number of hydrogen-bond donors (Lipinski definition) is 0. The van der Waals surface area contributed by atoms with E-state index in [1.807, 2.05) is 0 Å². The minimum absolute atomic E-state index is 0.242. The number of rotatable bonds is 5. The average Bonchev–Trinajstić information content (AvgIpc) is 2.26. The second-order valence-corrected chi connectivity index (χ2v) is 5.06. The van der Waals surface area contributed by atoms with Crippen molar-refractivity contribution in [3.8, 4) is 6.07 Å². The molecule has 0 fully saturated rings. The SMILES string of the molecule is CC(C)N(CCC#N)Cc1ccc(F)cc1Br. The van der Waals surface area contributed by atoms with Gasteiger partial charge in [-0.05, 0) is 31.5 Å². The lowest BCUT2D eigenvalue weighted by Crippen LogP contribution is -2.31. The molecule has 4 heteroatoms. The van der Waals surface area contributed by atoms with Crippen LogP contribution in [0.3, 0.4) is 0 Å². The molecule has 0 aromatic heterocycles. The van der Waals surface area contributed by atoms with Crippen LogP contribution < -0.4 is 0 Å². The van der Waals surface area contributed by atoms with Crippen LogP contribution in [0.5, 0.6) is 0 Å². The van der Waals surface area contributed by atoms with Gasteiger partial charge < -0.3 is 0 Å². The van der Waals surface area contributed by atoms with Crippen molar-refractivity contribution in [3.05, 3.63) is 34.1 Å². The topological polar surface area (TPSA) is 27.0 Å². The molecule has 0 heterocycles. The largest absolute Gasteiger partial charge is 0.296 e. The van der Waals surface area contributed by atoms with Gasteiger partial charge in [0.2, 0.25) is 0 Å². The smallest absolute Gasteiger partial charge is 0.124 e. The second kappa shape index (κ2) is 6.73. The van der Waals surface area contributed by atoms with Crippen molar-refractivity contribution >= 4 is 15.9 Å². The molecule has 0 atom stereocenters. The molecule has 0 aliphatic carbocycles. The summed E-state index contributed by atoms with van der Waals surface area (Å²) in [5.74, 6) is -0.242. The molecule has 0 aliphatic heterocycles. The van der Waals surface area contributed by atoms with Crippen molar-refractivity contribution in [1.82, 2.24) is 4.90 Å². The first-order valence-electron chi connectivity index (χ1n) is 5.59. The summed E-state index contributed by atoms with van der Waals surface area (Å²) in [4.78, 5) is 2.20. The fourth-order valence-electron chi connectivity index (χ4n) is 1.58. The summed E-state index contributed by atoms with van der Waals surface area (Å²) in [6, 6.07) is 7.22. The van der Waals surface area contributed by atoms with Gasteiger partial charge in [0, 0.05) is 30.0 Å². The van der Waals surface area contributed by atoms with Crippen molar-refractivity contribution in [2.24, 2.45) is 0 Å². The van der Waals surface area contributed by atoms with Crippen LogP contribution in [0.25, 0.3) is 0 Å². The Balaban J connectivity index is 2.75. The molecule has 0 saturated heterocycles. The van der Waals surface area contributed by atoms with E-state index in [2.05, 4.69) is 40.7 Å². The lowest BCUT2D eigenvalue weighted by Gasteiger charge is -2.25. The standard InChI is InChI=1S/C13H16BrFN2/c1-10(2)17(7-3-6-16)9-11-4-5-12(15)8-13(11)14/h4-5,8,10H,3,7,9H2,1-2H3. The maximum atomic E-state index is 13.0. The van der Waals surface area contributed by atoms with Gasteiger partial charge in [0.15, 0.2) is 0 Å². The molecule has 0 saturated carbocycles. The van der Waals surface area contributed by atoms with Crippen LogP contribution in [0.4, 0.5) is 4.39 Å². The van der Waals surface area contributed by atoms with Crippen LogP contribution in [0.1, 0.15) is 25.8 Å². The maximum absolute atomic E-state index is 13.0. The van der Waals surface area contributed by atoms with Gasteiger partial charge in [-0.3, -0.25) is 4.90 Å². The molecule has 1 aromatic carbocycles. The summed E-state index contributed by atoms with van der Waals surface area (Å²) in [7, 11) is 0. The van der Waals surface area contributed by atoms with E-state index in [1.54, 1.807) is 6.07 Å². The van der Waals surface area contributed by atoms with E-state index in [0.29, 0.717) is 12.5 Å². The molecular formula is C13H16BrFN2. The first kappa shape index (κ1) is 14.1. The van der Waals surface area contributed by atoms with Crippen molar-refractivity contribution < 1.29 is 4.39 Å². The molecular weight excluding hydrogens is 283 g/mol. The summed E-state index contributed by atoms with van der Waals surface area (Å²) in [5, 5.41) is 8.62. The highest BCUT2D eigenvalue weighted by Crippen LogP contribution is 2.20. The summed E-state index contributed by atoms with van der Waals surface area (Å²) in [6.45, 7) is 5.64. The van der Waals surface area contributed by atoms with Crippen LogP contribution in [0, 0.1) is 17.1 Å². The Labute approximate surface area is 110 Å². The van der Waals surface area contributed by atoms with Gasteiger partial charge in [0.25, 0.3) is 0 Å². The molecule has 0 N–H and O–H groups in total. The Morgan fingerprint density at radius 1 is 1.47 bits per heavy atom.